The molecule has 2 atom stereocenters. The van der Waals surface area contributed by atoms with Gasteiger partial charge in [0, 0.05) is 5.92 Å². The van der Waals surface area contributed by atoms with E-state index in [0.29, 0.717) is 42.4 Å². The number of carbonyl (C=O) groups is 1. The van der Waals surface area contributed by atoms with Crippen molar-refractivity contribution in [3.63, 3.8) is 0 Å². The summed E-state index contributed by atoms with van der Waals surface area (Å²) in [5.41, 5.74) is 1.87. The fourth-order valence-electron chi connectivity index (χ4n) is 3.71. The zero-order chi connectivity index (χ0) is 21.0. The predicted molar refractivity (Wildman–Crippen MR) is 106 cm³/mol. The second-order valence-electron chi connectivity index (χ2n) is 6.94. The molecule has 0 aliphatic carbocycles. The average Bonchev–Trinajstić information content (AvgIpc) is 3.07. The molecule has 1 heterocycles. The van der Waals surface area contributed by atoms with E-state index in [1.165, 1.54) is 7.11 Å². The Balaban J connectivity index is 1.83. The van der Waals surface area contributed by atoms with Crippen LogP contribution in [0.3, 0.4) is 0 Å². The number of cyclic esters (lactones) is 1. The molecular formula is C22H26O7. The number of hydrogen-bond donors (Lipinski definition) is 1. The molecule has 1 saturated heterocycles. The molecule has 0 saturated carbocycles. The van der Waals surface area contributed by atoms with E-state index in [4.69, 9.17) is 23.7 Å². The van der Waals surface area contributed by atoms with E-state index in [1.807, 2.05) is 18.2 Å². The van der Waals surface area contributed by atoms with Gasteiger partial charge in [-0.3, -0.25) is 4.79 Å². The van der Waals surface area contributed by atoms with Gasteiger partial charge in [0.15, 0.2) is 23.0 Å². The number of rotatable bonds is 8. The topological polar surface area (TPSA) is 83.5 Å². The van der Waals surface area contributed by atoms with Crippen LogP contribution in [0.2, 0.25) is 0 Å². The standard InChI is InChI=1S/C22H26O7/c1-25-18-9-13(5-6-17(18)23)7-15-12-29-22(24)16(15)8-14-10-19(26-2)21(28-4)20(11-14)27-3/h5-6,9-11,15-16,23H,7-8,12H2,1-4H3/t15-,16+/m1/s1. The number of ether oxygens (including phenoxy) is 5. The molecule has 7 nitrogen and oxygen atoms in total. The molecule has 1 N–H and O–H groups in total. The van der Waals surface area contributed by atoms with Gasteiger partial charge >= 0.3 is 5.97 Å². The Morgan fingerprint density at radius 3 is 2.10 bits per heavy atom. The Hall–Kier alpha value is -3.09. The first-order chi connectivity index (χ1) is 14.0. The molecule has 29 heavy (non-hydrogen) atoms. The van der Waals surface area contributed by atoms with Crippen LogP contribution < -0.4 is 18.9 Å². The molecule has 0 radical (unpaired) electrons. The highest BCUT2D eigenvalue weighted by Gasteiger charge is 2.37. The first-order valence-electron chi connectivity index (χ1n) is 9.32. The monoisotopic (exact) mass is 402 g/mol. The minimum atomic E-state index is -0.294. The lowest BCUT2D eigenvalue weighted by Gasteiger charge is -2.18. The molecule has 0 amide bonds. The molecular weight excluding hydrogens is 376 g/mol. The summed E-state index contributed by atoms with van der Waals surface area (Å²) in [5.74, 6) is 1.61. The minimum Gasteiger partial charge on any atom is -0.504 e. The molecule has 0 unspecified atom stereocenters. The van der Waals surface area contributed by atoms with Crippen LogP contribution in [0.1, 0.15) is 11.1 Å². The average molecular weight is 402 g/mol. The molecule has 156 valence electrons. The summed E-state index contributed by atoms with van der Waals surface area (Å²) in [6.45, 7) is 0.358. The van der Waals surface area contributed by atoms with Gasteiger partial charge in [0.2, 0.25) is 5.75 Å². The van der Waals surface area contributed by atoms with Crippen LogP contribution in [0.4, 0.5) is 0 Å². The van der Waals surface area contributed by atoms with E-state index >= 15 is 0 Å². The van der Waals surface area contributed by atoms with E-state index in [2.05, 4.69) is 0 Å². The maximum atomic E-state index is 12.4. The third-order valence-electron chi connectivity index (χ3n) is 5.23. The van der Waals surface area contributed by atoms with Crippen molar-refractivity contribution in [3.05, 3.63) is 41.5 Å². The molecule has 1 aliphatic rings. The smallest absolute Gasteiger partial charge is 0.309 e. The van der Waals surface area contributed by atoms with Gasteiger partial charge in [-0.05, 0) is 48.2 Å². The first kappa shape index (κ1) is 20.6. The number of benzene rings is 2. The largest absolute Gasteiger partial charge is 0.504 e. The fourth-order valence-corrected chi connectivity index (χ4v) is 3.71. The van der Waals surface area contributed by atoms with Gasteiger partial charge in [-0.1, -0.05) is 6.07 Å². The van der Waals surface area contributed by atoms with Crippen molar-refractivity contribution in [1.29, 1.82) is 0 Å². The molecule has 7 heteroatoms. The van der Waals surface area contributed by atoms with Gasteiger partial charge < -0.3 is 28.8 Å². The van der Waals surface area contributed by atoms with E-state index < -0.39 is 0 Å². The highest BCUT2D eigenvalue weighted by Crippen LogP contribution is 2.40. The van der Waals surface area contributed by atoms with E-state index in [-0.39, 0.29) is 23.6 Å². The number of phenolic OH excluding ortho intramolecular Hbond substituents is 1. The second-order valence-corrected chi connectivity index (χ2v) is 6.94. The van der Waals surface area contributed by atoms with Gasteiger partial charge in [-0.15, -0.1) is 0 Å². The van der Waals surface area contributed by atoms with Crippen molar-refractivity contribution in [1.82, 2.24) is 0 Å². The number of esters is 1. The van der Waals surface area contributed by atoms with Crippen molar-refractivity contribution >= 4 is 5.97 Å². The van der Waals surface area contributed by atoms with Crippen LogP contribution in [-0.2, 0) is 22.4 Å². The number of hydrogen-bond acceptors (Lipinski definition) is 7. The molecule has 0 aromatic heterocycles. The van der Waals surface area contributed by atoms with Gasteiger partial charge in [0.05, 0.1) is 41.0 Å². The zero-order valence-electron chi connectivity index (χ0n) is 17.1. The third-order valence-corrected chi connectivity index (χ3v) is 5.23. The number of methoxy groups -OCH3 is 4. The highest BCUT2D eigenvalue weighted by molar-refractivity contribution is 5.75. The van der Waals surface area contributed by atoms with Gasteiger partial charge in [0.1, 0.15) is 0 Å². The van der Waals surface area contributed by atoms with Crippen LogP contribution >= 0.6 is 0 Å². The van der Waals surface area contributed by atoms with Gasteiger partial charge in [-0.25, -0.2) is 0 Å². The Morgan fingerprint density at radius 1 is 0.897 bits per heavy atom. The predicted octanol–water partition coefficient (Wildman–Crippen LogP) is 3.00. The fraction of sp³-hybridized carbons (Fsp3) is 0.409. The Labute approximate surface area is 170 Å². The summed E-state index contributed by atoms with van der Waals surface area (Å²) in [7, 11) is 6.18. The van der Waals surface area contributed by atoms with Crippen molar-refractivity contribution in [2.24, 2.45) is 11.8 Å². The second kappa shape index (κ2) is 8.94. The van der Waals surface area contributed by atoms with Crippen molar-refractivity contribution < 1.29 is 33.6 Å². The normalized spacial score (nSPS) is 18.3. The molecule has 1 fully saturated rings. The number of carbonyl (C=O) groups excluding carboxylic acids is 1. The zero-order valence-corrected chi connectivity index (χ0v) is 17.1. The lowest BCUT2D eigenvalue weighted by atomic mass is 9.85. The molecule has 0 spiro atoms. The Morgan fingerprint density at radius 2 is 1.52 bits per heavy atom. The SMILES string of the molecule is COc1cc(C[C@@H]2COC(=O)[C@H]2Cc2cc(OC)c(OC)c(OC)c2)ccc1O. The molecule has 2 aromatic carbocycles. The maximum absolute atomic E-state index is 12.4. The third kappa shape index (κ3) is 4.34. The summed E-state index contributed by atoms with van der Waals surface area (Å²) in [4.78, 5) is 12.4. The number of phenols is 1. The molecule has 1 aliphatic heterocycles. The highest BCUT2D eigenvalue weighted by atomic mass is 16.5. The van der Waals surface area contributed by atoms with Crippen molar-refractivity contribution in [2.75, 3.05) is 35.0 Å². The Bertz CT molecular complexity index is 852. The van der Waals surface area contributed by atoms with E-state index in [9.17, 15) is 9.90 Å². The lowest BCUT2D eigenvalue weighted by molar-refractivity contribution is -0.141. The lowest BCUT2D eigenvalue weighted by Crippen LogP contribution is -2.20. The summed E-state index contributed by atoms with van der Waals surface area (Å²) in [5, 5.41) is 9.79. The molecule has 2 aromatic rings. The first-order valence-corrected chi connectivity index (χ1v) is 9.32. The van der Waals surface area contributed by atoms with Gasteiger partial charge in [-0.2, -0.15) is 0 Å². The van der Waals surface area contributed by atoms with E-state index in [1.54, 1.807) is 33.5 Å². The van der Waals surface area contributed by atoms with E-state index in [0.717, 1.165) is 11.1 Å². The van der Waals surface area contributed by atoms with Crippen molar-refractivity contribution in [2.45, 2.75) is 12.8 Å². The molecule has 3 rings (SSSR count). The van der Waals surface area contributed by atoms with Crippen LogP contribution in [0, 0.1) is 11.8 Å². The van der Waals surface area contributed by atoms with Crippen molar-refractivity contribution in [3.8, 4) is 28.7 Å². The van der Waals surface area contributed by atoms with Crippen LogP contribution in [0.5, 0.6) is 28.7 Å². The van der Waals surface area contributed by atoms with Crippen LogP contribution in [-0.4, -0.2) is 46.1 Å². The molecule has 0 bridgehead atoms. The van der Waals surface area contributed by atoms with Crippen LogP contribution in [0.25, 0.3) is 0 Å². The quantitative estimate of drug-likeness (QED) is 0.680. The number of aromatic hydroxyl groups is 1. The van der Waals surface area contributed by atoms with Gasteiger partial charge in [0.25, 0.3) is 0 Å². The Kier molecular flexibility index (Phi) is 6.36. The summed E-state index contributed by atoms with van der Waals surface area (Å²) in [6, 6.07) is 8.92. The summed E-state index contributed by atoms with van der Waals surface area (Å²) < 4.78 is 26.7. The summed E-state index contributed by atoms with van der Waals surface area (Å²) in [6.07, 6.45) is 1.13. The summed E-state index contributed by atoms with van der Waals surface area (Å²) >= 11 is 0. The minimum absolute atomic E-state index is 0.0100. The van der Waals surface area contributed by atoms with Crippen LogP contribution in [0.15, 0.2) is 30.3 Å². The maximum Gasteiger partial charge on any atom is 0.309 e.